The molecule has 0 aliphatic carbocycles. The Kier molecular flexibility index (Phi) is 2.27. The Morgan fingerprint density at radius 2 is 2.44 bits per heavy atom. The van der Waals surface area contributed by atoms with Crippen LogP contribution >= 0.6 is 27.3 Å². The summed E-state index contributed by atoms with van der Waals surface area (Å²) in [4.78, 5) is 1.04. The van der Waals surface area contributed by atoms with E-state index in [9.17, 15) is 0 Å². The first-order valence-corrected chi connectivity index (χ1v) is 4.26. The van der Waals surface area contributed by atoms with Gasteiger partial charge >= 0.3 is 0 Å². The molecule has 0 bridgehead atoms. The van der Waals surface area contributed by atoms with Crippen molar-refractivity contribution in [2.45, 2.75) is 13.5 Å². The number of aliphatic hydroxyl groups is 1. The first-order chi connectivity index (χ1) is 4.25. The van der Waals surface area contributed by atoms with Gasteiger partial charge in [0.2, 0.25) is 0 Å². The van der Waals surface area contributed by atoms with Crippen molar-refractivity contribution >= 4 is 27.3 Å². The molecule has 1 aromatic heterocycles. The largest absolute Gasteiger partial charge is 0.391 e. The van der Waals surface area contributed by atoms with Crippen molar-refractivity contribution in [3.8, 4) is 0 Å². The van der Waals surface area contributed by atoms with Crippen LogP contribution in [0.4, 0.5) is 0 Å². The van der Waals surface area contributed by atoms with Crippen molar-refractivity contribution in [3.05, 3.63) is 20.3 Å². The molecule has 0 fully saturated rings. The molecule has 0 saturated heterocycles. The third kappa shape index (κ3) is 1.34. The summed E-state index contributed by atoms with van der Waals surface area (Å²) >= 11 is 4.94. The van der Waals surface area contributed by atoms with Crippen molar-refractivity contribution in [1.82, 2.24) is 0 Å². The fourth-order valence-electron chi connectivity index (χ4n) is 0.589. The Labute approximate surface area is 66.5 Å². The number of aliphatic hydroxyl groups excluding tert-OH is 1. The van der Waals surface area contributed by atoms with Gasteiger partial charge in [-0.25, -0.2) is 0 Å². The normalized spacial score (nSPS) is 10.1. The predicted molar refractivity (Wildman–Crippen MR) is 42.7 cm³/mol. The molecule has 1 heterocycles. The number of thiophene rings is 1. The van der Waals surface area contributed by atoms with E-state index >= 15 is 0 Å². The SMILES string of the molecule is Cc1c(Br)csc1CO. The van der Waals surface area contributed by atoms with Crippen LogP contribution in [0.3, 0.4) is 0 Å². The Balaban J connectivity index is 3.04. The van der Waals surface area contributed by atoms with Gasteiger partial charge in [0.15, 0.2) is 0 Å². The van der Waals surface area contributed by atoms with E-state index in [4.69, 9.17) is 5.11 Å². The van der Waals surface area contributed by atoms with Crippen molar-refractivity contribution < 1.29 is 5.11 Å². The molecule has 3 heteroatoms. The van der Waals surface area contributed by atoms with Gasteiger partial charge in [0.25, 0.3) is 0 Å². The molecule has 0 radical (unpaired) electrons. The molecule has 1 rings (SSSR count). The fraction of sp³-hybridized carbons (Fsp3) is 0.333. The zero-order chi connectivity index (χ0) is 6.85. The fourth-order valence-corrected chi connectivity index (χ4v) is 2.02. The molecule has 50 valence electrons. The summed E-state index contributed by atoms with van der Waals surface area (Å²) < 4.78 is 1.09. The molecule has 0 aromatic carbocycles. The zero-order valence-corrected chi connectivity index (χ0v) is 7.42. The molecule has 1 N–H and O–H groups in total. The highest BCUT2D eigenvalue weighted by molar-refractivity contribution is 9.10. The number of hydrogen-bond acceptors (Lipinski definition) is 2. The molecular formula is C6H7BrOS. The van der Waals surface area contributed by atoms with Crippen LogP contribution in [-0.4, -0.2) is 5.11 Å². The lowest BCUT2D eigenvalue weighted by atomic mass is 10.3. The molecule has 0 unspecified atom stereocenters. The third-order valence-corrected chi connectivity index (χ3v) is 3.42. The monoisotopic (exact) mass is 206 g/mol. The molecular weight excluding hydrogens is 200 g/mol. The van der Waals surface area contributed by atoms with Crippen molar-refractivity contribution in [2.24, 2.45) is 0 Å². The van der Waals surface area contributed by atoms with Gasteiger partial charge in [-0.05, 0) is 28.4 Å². The molecule has 0 aliphatic heterocycles. The van der Waals surface area contributed by atoms with Crippen LogP contribution in [0.2, 0.25) is 0 Å². The minimum Gasteiger partial charge on any atom is -0.391 e. The minimum absolute atomic E-state index is 0.155. The Bertz CT molecular complexity index is 207. The van der Waals surface area contributed by atoms with E-state index in [2.05, 4.69) is 15.9 Å². The number of hydrogen-bond donors (Lipinski definition) is 1. The summed E-state index contributed by atoms with van der Waals surface area (Å²) in [5.41, 5.74) is 1.16. The molecule has 0 atom stereocenters. The van der Waals surface area contributed by atoms with E-state index in [1.165, 1.54) is 0 Å². The van der Waals surface area contributed by atoms with Gasteiger partial charge < -0.3 is 5.11 Å². The zero-order valence-electron chi connectivity index (χ0n) is 5.02. The van der Waals surface area contributed by atoms with Gasteiger partial charge in [-0.3, -0.25) is 0 Å². The summed E-state index contributed by atoms with van der Waals surface area (Å²) in [7, 11) is 0. The number of halogens is 1. The van der Waals surface area contributed by atoms with Crippen molar-refractivity contribution in [2.75, 3.05) is 0 Å². The van der Waals surface area contributed by atoms with E-state index in [1.54, 1.807) is 11.3 Å². The van der Waals surface area contributed by atoms with Gasteiger partial charge in [-0.1, -0.05) is 0 Å². The maximum absolute atomic E-state index is 8.72. The molecule has 0 saturated carbocycles. The van der Waals surface area contributed by atoms with Gasteiger partial charge in [0.1, 0.15) is 0 Å². The number of rotatable bonds is 1. The van der Waals surface area contributed by atoms with Crippen LogP contribution in [0, 0.1) is 6.92 Å². The maximum Gasteiger partial charge on any atom is 0.0777 e. The summed E-state index contributed by atoms with van der Waals surface area (Å²) in [5.74, 6) is 0. The van der Waals surface area contributed by atoms with Gasteiger partial charge in [0, 0.05) is 14.7 Å². The van der Waals surface area contributed by atoms with Crippen molar-refractivity contribution in [1.29, 1.82) is 0 Å². The molecule has 0 aliphatic rings. The molecule has 1 aromatic rings. The first-order valence-electron chi connectivity index (χ1n) is 2.59. The second-order valence-corrected chi connectivity index (χ2v) is 3.61. The summed E-state index contributed by atoms with van der Waals surface area (Å²) in [5, 5.41) is 10.7. The van der Waals surface area contributed by atoms with Gasteiger partial charge in [0.05, 0.1) is 6.61 Å². The van der Waals surface area contributed by atoms with Crippen LogP contribution < -0.4 is 0 Å². The lowest BCUT2D eigenvalue weighted by Crippen LogP contribution is -1.78. The average Bonchev–Trinajstić information content (AvgIpc) is 2.15. The highest BCUT2D eigenvalue weighted by Crippen LogP contribution is 2.25. The molecule has 0 spiro atoms. The highest BCUT2D eigenvalue weighted by atomic mass is 79.9. The van der Waals surface area contributed by atoms with E-state index in [0.29, 0.717) is 0 Å². The van der Waals surface area contributed by atoms with E-state index in [-0.39, 0.29) is 6.61 Å². The summed E-state index contributed by atoms with van der Waals surface area (Å²) in [6.07, 6.45) is 0. The molecule has 9 heavy (non-hydrogen) atoms. The minimum atomic E-state index is 0.155. The Morgan fingerprint density at radius 1 is 1.78 bits per heavy atom. The second-order valence-electron chi connectivity index (χ2n) is 1.79. The van der Waals surface area contributed by atoms with E-state index in [1.807, 2.05) is 12.3 Å². The average molecular weight is 207 g/mol. The first kappa shape index (κ1) is 7.25. The predicted octanol–water partition coefficient (Wildman–Crippen LogP) is 2.31. The lowest BCUT2D eigenvalue weighted by Gasteiger charge is -1.90. The topological polar surface area (TPSA) is 20.2 Å². The Hall–Kier alpha value is 0.140. The standard InChI is InChI=1S/C6H7BrOS/c1-4-5(7)3-9-6(4)2-8/h3,8H,2H2,1H3. The second kappa shape index (κ2) is 2.82. The summed E-state index contributed by atoms with van der Waals surface area (Å²) in [6.45, 7) is 2.15. The van der Waals surface area contributed by atoms with Crippen LogP contribution in [0.15, 0.2) is 9.85 Å². The maximum atomic E-state index is 8.72. The molecule has 1 nitrogen and oxygen atoms in total. The quantitative estimate of drug-likeness (QED) is 0.749. The summed E-state index contributed by atoms with van der Waals surface area (Å²) in [6, 6.07) is 0. The smallest absolute Gasteiger partial charge is 0.0777 e. The van der Waals surface area contributed by atoms with Crippen LogP contribution in [-0.2, 0) is 6.61 Å². The Morgan fingerprint density at radius 3 is 2.67 bits per heavy atom. The molecule has 0 amide bonds. The van der Waals surface area contributed by atoms with Gasteiger partial charge in [-0.2, -0.15) is 0 Å². The highest BCUT2D eigenvalue weighted by Gasteiger charge is 2.01. The van der Waals surface area contributed by atoms with Crippen molar-refractivity contribution in [3.63, 3.8) is 0 Å². The van der Waals surface area contributed by atoms with Crippen LogP contribution in [0.25, 0.3) is 0 Å². The van der Waals surface area contributed by atoms with E-state index < -0.39 is 0 Å². The van der Waals surface area contributed by atoms with Crippen LogP contribution in [0.5, 0.6) is 0 Å². The lowest BCUT2D eigenvalue weighted by molar-refractivity contribution is 0.285. The van der Waals surface area contributed by atoms with Gasteiger partial charge in [-0.15, -0.1) is 11.3 Å². The van der Waals surface area contributed by atoms with Crippen LogP contribution in [0.1, 0.15) is 10.4 Å². The third-order valence-electron chi connectivity index (χ3n) is 1.22. The van der Waals surface area contributed by atoms with E-state index in [0.717, 1.165) is 14.9 Å².